The number of ether oxygens (including phenoxy) is 3. The van der Waals surface area contributed by atoms with Gasteiger partial charge in [-0.15, -0.1) is 0 Å². The molecule has 0 aromatic heterocycles. The van der Waals surface area contributed by atoms with Crippen LogP contribution in [0.3, 0.4) is 0 Å². The van der Waals surface area contributed by atoms with E-state index in [-0.39, 0.29) is 12.7 Å². The van der Waals surface area contributed by atoms with Crippen LogP contribution in [0.4, 0.5) is 0 Å². The molecular weight excluding hydrogens is 474 g/mol. The van der Waals surface area contributed by atoms with Crippen molar-refractivity contribution in [2.75, 3.05) is 6.61 Å². The maximum absolute atomic E-state index is 9.46. The average Bonchev–Trinajstić information content (AvgIpc) is 2.97. The Morgan fingerprint density at radius 1 is 0.684 bits per heavy atom. The maximum atomic E-state index is 9.46. The second-order valence-electron chi connectivity index (χ2n) is 9.57. The van der Waals surface area contributed by atoms with Gasteiger partial charge in [0.1, 0.15) is 0 Å². The fraction of sp³-hybridized carbons (Fsp3) is 0.438. The summed E-state index contributed by atoms with van der Waals surface area (Å²) in [5, 5.41) is 4.15. The summed E-state index contributed by atoms with van der Waals surface area (Å²) >= 11 is 0. The largest absolute Gasteiger partial charge is 0.376 e. The third-order valence-electron chi connectivity index (χ3n) is 6.53. The van der Waals surface area contributed by atoms with Crippen molar-refractivity contribution in [1.82, 2.24) is 0 Å². The summed E-state index contributed by atoms with van der Waals surface area (Å²) in [5.41, 5.74) is 12.7. The molecule has 0 aliphatic heterocycles. The number of benzene rings is 3. The first kappa shape index (κ1) is 29.4. The van der Waals surface area contributed by atoms with E-state index in [0.29, 0.717) is 19.8 Å². The molecule has 3 atom stereocenters. The van der Waals surface area contributed by atoms with Crippen LogP contribution in [0.1, 0.15) is 62.1 Å². The molecule has 0 fully saturated rings. The van der Waals surface area contributed by atoms with Crippen LogP contribution in [0.15, 0.2) is 96.1 Å². The van der Waals surface area contributed by atoms with Gasteiger partial charge in [0.25, 0.3) is 0 Å². The highest BCUT2D eigenvalue weighted by Gasteiger charge is 2.31. The molecule has 3 aromatic carbocycles. The summed E-state index contributed by atoms with van der Waals surface area (Å²) in [6.07, 6.45) is 5.95. The molecule has 38 heavy (non-hydrogen) atoms. The van der Waals surface area contributed by atoms with Crippen LogP contribution in [-0.2, 0) is 34.0 Å². The summed E-state index contributed by atoms with van der Waals surface area (Å²) in [6, 6.07) is 29.7. The van der Waals surface area contributed by atoms with Crippen LogP contribution >= 0.6 is 0 Å². The van der Waals surface area contributed by atoms with Crippen molar-refractivity contribution in [3.05, 3.63) is 118 Å². The summed E-state index contributed by atoms with van der Waals surface area (Å²) < 4.78 is 19.1. The second kappa shape index (κ2) is 18.2. The number of hydrogen-bond donors (Lipinski definition) is 0. The van der Waals surface area contributed by atoms with Gasteiger partial charge in [0.2, 0.25) is 0 Å². The van der Waals surface area contributed by atoms with Crippen molar-refractivity contribution in [1.29, 1.82) is 0 Å². The van der Waals surface area contributed by atoms with E-state index in [1.54, 1.807) is 0 Å². The molecule has 0 N–H and O–H groups in total. The van der Waals surface area contributed by atoms with Crippen LogP contribution in [0, 0.1) is 0 Å². The van der Waals surface area contributed by atoms with Gasteiger partial charge < -0.3 is 14.2 Å². The fourth-order valence-electron chi connectivity index (χ4n) is 4.43. The zero-order chi connectivity index (χ0) is 26.7. The SMILES string of the molecule is CCCCCCC[C@@H](OCc1ccccc1)[C@@H](OCc1ccccc1)[C@H](COCc1ccccc1)N=[N+]=[N-]. The highest BCUT2D eigenvalue weighted by molar-refractivity contribution is 5.15. The number of azide groups is 1. The van der Waals surface area contributed by atoms with Crippen molar-refractivity contribution in [2.45, 2.75) is 83.5 Å². The molecule has 0 saturated carbocycles. The molecule has 0 heterocycles. The molecule has 0 bridgehead atoms. The molecule has 0 unspecified atom stereocenters. The molecular formula is C32H41N3O3. The molecule has 0 aliphatic rings. The predicted octanol–water partition coefficient (Wildman–Crippen LogP) is 8.41. The van der Waals surface area contributed by atoms with Gasteiger partial charge in [-0.05, 0) is 28.6 Å². The van der Waals surface area contributed by atoms with E-state index in [4.69, 9.17) is 14.2 Å². The van der Waals surface area contributed by atoms with Gasteiger partial charge in [-0.25, -0.2) is 0 Å². The lowest BCUT2D eigenvalue weighted by molar-refractivity contribution is -0.108. The second-order valence-corrected chi connectivity index (χ2v) is 9.57. The Kier molecular flexibility index (Phi) is 14.1. The van der Waals surface area contributed by atoms with E-state index in [1.807, 2.05) is 78.9 Å². The first-order valence-electron chi connectivity index (χ1n) is 13.8. The Bertz CT molecular complexity index is 1040. The van der Waals surface area contributed by atoms with Gasteiger partial charge in [0, 0.05) is 4.91 Å². The minimum absolute atomic E-state index is 0.239. The minimum Gasteiger partial charge on any atom is -0.376 e. The number of nitrogens with zero attached hydrogens (tertiary/aromatic N) is 3. The quantitative estimate of drug-likeness (QED) is 0.0696. The molecule has 3 rings (SSSR count). The minimum atomic E-state index is -0.524. The summed E-state index contributed by atoms with van der Waals surface area (Å²) in [7, 11) is 0. The van der Waals surface area contributed by atoms with Crippen molar-refractivity contribution < 1.29 is 14.2 Å². The normalized spacial score (nSPS) is 13.4. The maximum Gasteiger partial charge on any atom is 0.0948 e. The highest BCUT2D eigenvalue weighted by atomic mass is 16.5. The molecule has 6 heteroatoms. The standard InChI is InChI=1S/C32H41N3O3/c1-2-3-4-5-15-22-31(37-24-28-18-11-7-12-19-28)32(38-25-29-20-13-8-14-21-29)30(34-35-33)26-36-23-27-16-9-6-10-17-27/h6-14,16-21,30-32H,2-5,15,22-26H2,1H3/t30-,31+,32-/m0/s1. The van der Waals surface area contributed by atoms with Crippen molar-refractivity contribution in [3.8, 4) is 0 Å². The van der Waals surface area contributed by atoms with Gasteiger partial charge in [-0.3, -0.25) is 0 Å². The van der Waals surface area contributed by atoms with E-state index >= 15 is 0 Å². The lowest BCUT2D eigenvalue weighted by Crippen LogP contribution is -2.42. The van der Waals surface area contributed by atoms with Gasteiger partial charge >= 0.3 is 0 Å². The van der Waals surface area contributed by atoms with Gasteiger partial charge in [-0.2, -0.15) is 0 Å². The van der Waals surface area contributed by atoms with Crippen molar-refractivity contribution in [3.63, 3.8) is 0 Å². The predicted molar refractivity (Wildman–Crippen MR) is 152 cm³/mol. The van der Waals surface area contributed by atoms with E-state index in [9.17, 15) is 5.53 Å². The Labute approximate surface area is 227 Å². The Balaban J connectivity index is 1.76. The Morgan fingerprint density at radius 2 is 1.21 bits per heavy atom. The molecule has 0 spiro atoms. The third-order valence-corrected chi connectivity index (χ3v) is 6.53. The number of hydrogen-bond acceptors (Lipinski definition) is 4. The first-order valence-corrected chi connectivity index (χ1v) is 13.8. The monoisotopic (exact) mass is 515 g/mol. The van der Waals surface area contributed by atoms with Crippen LogP contribution < -0.4 is 0 Å². The van der Waals surface area contributed by atoms with Gasteiger partial charge in [0.05, 0.1) is 44.7 Å². The van der Waals surface area contributed by atoms with E-state index in [2.05, 4.69) is 29.1 Å². The number of rotatable bonds is 19. The topological polar surface area (TPSA) is 76.5 Å². The summed E-state index contributed by atoms with van der Waals surface area (Å²) in [4.78, 5) is 3.17. The Morgan fingerprint density at radius 3 is 1.76 bits per heavy atom. The Hall–Kier alpha value is -3.15. The van der Waals surface area contributed by atoms with E-state index < -0.39 is 12.1 Å². The molecule has 0 saturated heterocycles. The van der Waals surface area contributed by atoms with E-state index in [1.165, 1.54) is 19.3 Å². The third kappa shape index (κ3) is 11.1. The average molecular weight is 516 g/mol. The summed E-state index contributed by atoms with van der Waals surface area (Å²) in [5.74, 6) is 0. The lowest BCUT2D eigenvalue weighted by Gasteiger charge is -2.32. The summed E-state index contributed by atoms with van der Waals surface area (Å²) in [6.45, 7) is 3.79. The van der Waals surface area contributed by atoms with Crippen molar-refractivity contribution >= 4 is 0 Å². The smallest absolute Gasteiger partial charge is 0.0948 e. The van der Waals surface area contributed by atoms with Crippen molar-refractivity contribution in [2.24, 2.45) is 5.11 Å². The zero-order valence-electron chi connectivity index (χ0n) is 22.5. The molecule has 6 nitrogen and oxygen atoms in total. The van der Waals surface area contributed by atoms with Gasteiger partial charge in [0.15, 0.2) is 0 Å². The fourth-order valence-corrected chi connectivity index (χ4v) is 4.43. The highest BCUT2D eigenvalue weighted by Crippen LogP contribution is 2.23. The lowest BCUT2D eigenvalue weighted by atomic mass is 9.99. The van der Waals surface area contributed by atoms with Crippen LogP contribution in [0.5, 0.6) is 0 Å². The zero-order valence-corrected chi connectivity index (χ0v) is 22.5. The first-order chi connectivity index (χ1) is 18.8. The van der Waals surface area contributed by atoms with Crippen LogP contribution in [0.25, 0.3) is 10.4 Å². The van der Waals surface area contributed by atoms with Crippen LogP contribution in [-0.4, -0.2) is 24.9 Å². The molecule has 0 aliphatic carbocycles. The van der Waals surface area contributed by atoms with Crippen LogP contribution in [0.2, 0.25) is 0 Å². The molecule has 202 valence electrons. The molecule has 0 radical (unpaired) electrons. The van der Waals surface area contributed by atoms with Gasteiger partial charge in [-0.1, -0.05) is 135 Å². The van der Waals surface area contributed by atoms with E-state index in [0.717, 1.165) is 36.0 Å². The molecule has 0 amide bonds. The number of unbranched alkanes of at least 4 members (excludes halogenated alkanes) is 4. The molecule has 3 aromatic rings.